The molecule has 1 aromatic carbocycles. The van der Waals surface area contributed by atoms with E-state index in [4.69, 9.17) is 16.3 Å². The molecule has 178 valence electrons. The molecule has 1 aliphatic carbocycles. The fraction of sp³-hybridized carbons (Fsp3) is 0.500. The van der Waals surface area contributed by atoms with Crippen molar-refractivity contribution in [1.82, 2.24) is 14.8 Å². The summed E-state index contributed by atoms with van der Waals surface area (Å²) in [6.07, 6.45) is 5.82. The Morgan fingerprint density at radius 2 is 1.67 bits per heavy atom. The van der Waals surface area contributed by atoms with Gasteiger partial charge in [-0.15, -0.1) is 12.4 Å². The largest absolute Gasteiger partial charge is 0.365 e. The standard InChI is InChI=1S/C24H26ClF2N3O2.ClH/c25-17-3-2-11-28-20(17)6-12-29-13-9-24(10-14-29)16-30(15-23(32-24)7-8-23)22(31)21-18(26)4-1-5-19(21)27;/h1-5,11H,6-10,12-16H2;1H. The van der Waals surface area contributed by atoms with Gasteiger partial charge in [-0.25, -0.2) is 8.78 Å². The first kappa shape index (κ1) is 24.3. The van der Waals surface area contributed by atoms with E-state index in [-0.39, 0.29) is 18.0 Å². The van der Waals surface area contributed by atoms with Crippen molar-refractivity contribution in [2.45, 2.75) is 43.3 Å². The number of hydrogen-bond donors (Lipinski definition) is 0. The molecule has 1 amide bonds. The van der Waals surface area contributed by atoms with E-state index in [1.54, 1.807) is 11.1 Å². The molecule has 1 saturated carbocycles. The Labute approximate surface area is 203 Å². The molecule has 5 nitrogen and oxygen atoms in total. The van der Waals surface area contributed by atoms with Crippen molar-refractivity contribution in [3.63, 3.8) is 0 Å². The average molecular weight is 498 g/mol. The zero-order valence-electron chi connectivity index (χ0n) is 18.2. The van der Waals surface area contributed by atoms with Gasteiger partial charge >= 0.3 is 0 Å². The number of carbonyl (C=O) groups is 1. The summed E-state index contributed by atoms with van der Waals surface area (Å²) in [5.74, 6) is -2.21. The first-order valence-corrected chi connectivity index (χ1v) is 11.5. The summed E-state index contributed by atoms with van der Waals surface area (Å²) in [6, 6.07) is 7.21. The van der Waals surface area contributed by atoms with E-state index in [2.05, 4.69) is 9.88 Å². The quantitative estimate of drug-likeness (QED) is 0.622. The third-order valence-electron chi connectivity index (χ3n) is 6.93. The second-order valence-corrected chi connectivity index (χ2v) is 9.66. The Bertz CT molecular complexity index is 1010. The van der Waals surface area contributed by atoms with Crippen LogP contribution in [0.25, 0.3) is 0 Å². The van der Waals surface area contributed by atoms with Crippen LogP contribution in [0.5, 0.6) is 0 Å². The number of ether oxygens (including phenoxy) is 1. The van der Waals surface area contributed by atoms with E-state index >= 15 is 0 Å². The topological polar surface area (TPSA) is 45.7 Å². The molecule has 0 bridgehead atoms. The molecule has 3 fully saturated rings. The van der Waals surface area contributed by atoms with Gasteiger partial charge < -0.3 is 14.5 Å². The van der Waals surface area contributed by atoms with Gasteiger partial charge in [0.15, 0.2) is 0 Å². The lowest BCUT2D eigenvalue weighted by molar-refractivity contribution is -0.179. The molecule has 3 heterocycles. The molecular weight excluding hydrogens is 471 g/mol. The number of carbonyl (C=O) groups excluding carboxylic acids is 1. The van der Waals surface area contributed by atoms with Crippen LogP contribution >= 0.6 is 24.0 Å². The van der Waals surface area contributed by atoms with Gasteiger partial charge in [0.25, 0.3) is 5.91 Å². The molecule has 5 rings (SSSR count). The highest BCUT2D eigenvalue weighted by atomic mass is 35.5. The Hall–Kier alpha value is -1.80. The normalized spacial score (nSPS) is 21.1. The third kappa shape index (κ3) is 5.02. The molecule has 2 aliphatic heterocycles. The zero-order chi connectivity index (χ0) is 22.3. The molecule has 2 spiro atoms. The van der Waals surface area contributed by atoms with E-state index in [0.717, 1.165) is 69.6 Å². The van der Waals surface area contributed by atoms with Crippen molar-refractivity contribution >= 4 is 29.9 Å². The van der Waals surface area contributed by atoms with Crippen LogP contribution in [0, 0.1) is 11.6 Å². The molecule has 0 radical (unpaired) electrons. The Kier molecular flexibility index (Phi) is 6.97. The highest BCUT2D eigenvalue weighted by molar-refractivity contribution is 6.31. The Morgan fingerprint density at radius 3 is 2.27 bits per heavy atom. The number of hydrogen-bond acceptors (Lipinski definition) is 4. The van der Waals surface area contributed by atoms with Crippen LogP contribution in [0.4, 0.5) is 8.78 Å². The number of rotatable bonds is 4. The van der Waals surface area contributed by atoms with Gasteiger partial charge in [0, 0.05) is 32.3 Å². The van der Waals surface area contributed by atoms with Gasteiger partial charge in [0.05, 0.1) is 35.0 Å². The highest BCUT2D eigenvalue weighted by Crippen LogP contribution is 2.49. The van der Waals surface area contributed by atoms with Gasteiger partial charge in [-0.05, 0) is 49.9 Å². The number of piperidine rings is 1. The van der Waals surface area contributed by atoms with Crippen molar-refractivity contribution in [1.29, 1.82) is 0 Å². The van der Waals surface area contributed by atoms with E-state index in [1.807, 2.05) is 12.1 Å². The number of nitrogens with zero attached hydrogens (tertiary/aromatic N) is 3. The summed E-state index contributed by atoms with van der Waals surface area (Å²) in [5.41, 5.74) is -0.404. The highest BCUT2D eigenvalue weighted by Gasteiger charge is 2.57. The van der Waals surface area contributed by atoms with E-state index in [9.17, 15) is 13.6 Å². The minimum absolute atomic E-state index is 0. The first-order valence-electron chi connectivity index (χ1n) is 11.1. The van der Waals surface area contributed by atoms with Crippen molar-refractivity contribution in [2.24, 2.45) is 0 Å². The van der Waals surface area contributed by atoms with E-state index in [0.29, 0.717) is 18.1 Å². The second-order valence-electron chi connectivity index (χ2n) is 9.25. The first-order chi connectivity index (χ1) is 15.4. The maximum atomic E-state index is 14.3. The van der Waals surface area contributed by atoms with Gasteiger partial charge in [-0.2, -0.15) is 0 Å². The van der Waals surface area contributed by atoms with Crippen LogP contribution in [0.1, 0.15) is 41.7 Å². The smallest absolute Gasteiger partial charge is 0.260 e. The molecule has 2 saturated heterocycles. The molecule has 2 aromatic rings. The van der Waals surface area contributed by atoms with Crippen LogP contribution in [-0.2, 0) is 11.2 Å². The molecule has 0 N–H and O–H groups in total. The summed E-state index contributed by atoms with van der Waals surface area (Å²) in [7, 11) is 0. The van der Waals surface area contributed by atoms with Gasteiger partial charge in [0.1, 0.15) is 17.2 Å². The Balaban J connectivity index is 0.00000259. The van der Waals surface area contributed by atoms with Crippen molar-refractivity contribution in [3.05, 3.63) is 64.4 Å². The predicted octanol–water partition coefficient (Wildman–Crippen LogP) is 4.52. The summed E-state index contributed by atoms with van der Waals surface area (Å²) in [4.78, 5) is 21.4. The molecule has 0 unspecified atom stereocenters. The molecule has 3 aliphatic rings. The van der Waals surface area contributed by atoms with Gasteiger partial charge in [-0.3, -0.25) is 9.78 Å². The molecule has 1 aromatic heterocycles. The van der Waals surface area contributed by atoms with Gasteiger partial charge in [-0.1, -0.05) is 17.7 Å². The van der Waals surface area contributed by atoms with Crippen LogP contribution in [0.2, 0.25) is 5.02 Å². The van der Waals surface area contributed by atoms with Crippen molar-refractivity contribution < 1.29 is 18.3 Å². The fourth-order valence-electron chi connectivity index (χ4n) is 4.99. The lowest BCUT2D eigenvalue weighted by Gasteiger charge is -2.50. The predicted molar refractivity (Wildman–Crippen MR) is 124 cm³/mol. The van der Waals surface area contributed by atoms with Crippen LogP contribution in [0.15, 0.2) is 36.5 Å². The minimum Gasteiger partial charge on any atom is -0.365 e. The second kappa shape index (κ2) is 9.45. The number of pyridine rings is 1. The van der Waals surface area contributed by atoms with E-state index < -0.39 is 28.7 Å². The summed E-state index contributed by atoms with van der Waals surface area (Å²) >= 11 is 6.22. The molecule has 33 heavy (non-hydrogen) atoms. The summed E-state index contributed by atoms with van der Waals surface area (Å²) < 4.78 is 35.1. The molecule has 0 atom stereocenters. The van der Waals surface area contributed by atoms with Crippen LogP contribution in [0.3, 0.4) is 0 Å². The Morgan fingerprint density at radius 1 is 1.03 bits per heavy atom. The minimum atomic E-state index is -0.816. The lowest BCUT2D eigenvalue weighted by atomic mass is 9.87. The number of morpholine rings is 1. The maximum absolute atomic E-state index is 14.3. The van der Waals surface area contributed by atoms with Crippen LogP contribution < -0.4 is 0 Å². The maximum Gasteiger partial charge on any atom is 0.260 e. The van der Waals surface area contributed by atoms with Gasteiger partial charge in [0.2, 0.25) is 0 Å². The molecular formula is C24H27Cl2F2N3O2. The van der Waals surface area contributed by atoms with E-state index in [1.165, 1.54) is 6.07 Å². The number of halogens is 4. The average Bonchev–Trinajstić information content (AvgIpc) is 3.51. The number of likely N-dealkylation sites (tertiary alicyclic amines) is 1. The van der Waals surface area contributed by atoms with Crippen molar-refractivity contribution in [3.8, 4) is 0 Å². The molecule has 9 heteroatoms. The zero-order valence-corrected chi connectivity index (χ0v) is 19.8. The SMILES string of the molecule is Cl.O=C(c1c(F)cccc1F)N1CC2(CCN(CCc3ncccc3Cl)CC2)OC2(CC2)C1. The lowest BCUT2D eigenvalue weighted by Crippen LogP contribution is -2.61. The van der Waals surface area contributed by atoms with Crippen LogP contribution in [-0.4, -0.2) is 64.6 Å². The summed E-state index contributed by atoms with van der Waals surface area (Å²) in [5, 5.41) is 0.682. The fourth-order valence-corrected chi connectivity index (χ4v) is 5.21. The number of amides is 1. The number of benzene rings is 1. The number of aromatic nitrogens is 1. The van der Waals surface area contributed by atoms with Crippen molar-refractivity contribution in [2.75, 3.05) is 32.7 Å². The monoisotopic (exact) mass is 497 g/mol. The summed E-state index contributed by atoms with van der Waals surface area (Å²) in [6.45, 7) is 3.26. The third-order valence-corrected chi connectivity index (χ3v) is 7.27.